The topological polar surface area (TPSA) is 125 Å². The van der Waals surface area contributed by atoms with Crippen LogP contribution in [-0.4, -0.2) is 28.6 Å². The van der Waals surface area contributed by atoms with Crippen LogP contribution >= 0.6 is 15.9 Å². The van der Waals surface area contributed by atoms with E-state index in [9.17, 15) is 8.42 Å². The number of rotatable bonds is 7. The van der Waals surface area contributed by atoms with Crippen molar-refractivity contribution in [1.29, 1.82) is 0 Å². The van der Waals surface area contributed by atoms with Gasteiger partial charge in [-0.15, -0.1) is 0 Å². The van der Waals surface area contributed by atoms with E-state index in [0.29, 0.717) is 16.2 Å². The summed E-state index contributed by atoms with van der Waals surface area (Å²) in [5.41, 5.74) is 4.24. The van der Waals surface area contributed by atoms with E-state index >= 15 is 0 Å². The van der Waals surface area contributed by atoms with Gasteiger partial charge < -0.3 is 10.6 Å². The SMILES string of the molecule is Cc1n[nH]c2ccc(Nc3ncc(Br)c(Nc4ccccc4CN[SH](=O)=O)n3)cc12. The largest absolute Gasteiger partial charge is 0.339 e. The molecule has 30 heavy (non-hydrogen) atoms. The normalized spacial score (nSPS) is 11.2. The number of H-pyrrole nitrogens is 1. The quantitative estimate of drug-likeness (QED) is 0.252. The average Bonchev–Trinajstić information content (AvgIpc) is 3.10. The molecule has 0 bridgehead atoms. The summed E-state index contributed by atoms with van der Waals surface area (Å²) in [7, 11) is -2.68. The Balaban J connectivity index is 1.58. The van der Waals surface area contributed by atoms with Crippen LogP contribution in [0.3, 0.4) is 0 Å². The second kappa shape index (κ2) is 8.78. The molecule has 0 atom stereocenters. The number of nitrogens with one attached hydrogen (secondary N) is 4. The summed E-state index contributed by atoms with van der Waals surface area (Å²) in [4.78, 5) is 8.87. The Morgan fingerprint density at radius 3 is 2.80 bits per heavy atom. The molecule has 4 aromatic rings. The molecule has 0 radical (unpaired) electrons. The first kappa shape index (κ1) is 20.3. The molecule has 0 fully saturated rings. The molecule has 0 aliphatic rings. The van der Waals surface area contributed by atoms with Crippen molar-refractivity contribution < 1.29 is 8.42 Å². The number of hydrogen-bond acceptors (Lipinski definition) is 7. The Hall–Kier alpha value is -3.02. The summed E-state index contributed by atoms with van der Waals surface area (Å²) < 4.78 is 24.8. The molecule has 0 spiro atoms. The molecule has 4 rings (SSSR count). The Morgan fingerprint density at radius 1 is 1.13 bits per heavy atom. The number of thiol groups is 1. The van der Waals surface area contributed by atoms with Crippen LogP contribution in [0.15, 0.2) is 53.1 Å². The second-order valence-electron chi connectivity index (χ2n) is 6.46. The van der Waals surface area contributed by atoms with Crippen LogP contribution in [0.1, 0.15) is 11.3 Å². The highest BCUT2D eigenvalue weighted by molar-refractivity contribution is 9.10. The van der Waals surface area contributed by atoms with Crippen LogP contribution in [0, 0.1) is 6.92 Å². The third-order valence-corrected chi connectivity index (χ3v) is 5.42. The van der Waals surface area contributed by atoms with Gasteiger partial charge in [-0.3, -0.25) is 5.10 Å². The first-order valence-electron chi connectivity index (χ1n) is 8.97. The summed E-state index contributed by atoms with van der Waals surface area (Å²) >= 11 is 3.46. The van der Waals surface area contributed by atoms with Crippen LogP contribution < -0.4 is 15.4 Å². The van der Waals surface area contributed by atoms with Crippen molar-refractivity contribution in [3.63, 3.8) is 0 Å². The third kappa shape index (κ3) is 4.58. The minimum absolute atomic E-state index is 0.180. The fraction of sp³-hybridized carbons (Fsp3) is 0.105. The fourth-order valence-corrected chi connectivity index (χ4v) is 3.53. The minimum atomic E-state index is -2.68. The Kier molecular flexibility index (Phi) is 5.93. The smallest absolute Gasteiger partial charge is 0.229 e. The van der Waals surface area contributed by atoms with Gasteiger partial charge in [-0.25, -0.2) is 18.1 Å². The molecule has 0 unspecified atom stereocenters. The first-order chi connectivity index (χ1) is 14.5. The highest BCUT2D eigenvalue weighted by Gasteiger charge is 2.10. The monoisotopic (exact) mass is 487 g/mol. The van der Waals surface area contributed by atoms with Crippen molar-refractivity contribution in [1.82, 2.24) is 24.9 Å². The molecular weight excluding hydrogens is 470 g/mol. The Labute approximate surface area is 182 Å². The van der Waals surface area contributed by atoms with Gasteiger partial charge in [-0.1, -0.05) is 18.2 Å². The molecular formula is C19H18BrN7O2S. The number of aryl methyl sites for hydroxylation is 1. The van der Waals surface area contributed by atoms with Gasteiger partial charge in [0.1, 0.15) is 5.82 Å². The average molecular weight is 488 g/mol. The highest BCUT2D eigenvalue weighted by atomic mass is 79.9. The van der Waals surface area contributed by atoms with Gasteiger partial charge in [0, 0.05) is 29.5 Å². The maximum Gasteiger partial charge on any atom is 0.229 e. The van der Waals surface area contributed by atoms with Gasteiger partial charge >= 0.3 is 0 Å². The molecule has 2 aromatic heterocycles. The third-order valence-electron chi connectivity index (χ3n) is 4.42. The van der Waals surface area contributed by atoms with Crippen molar-refractivity contribution >= 4 is 60.9 Å². The fourth-order valence-electron chi connectivity index (χ4n) is 2.94. The van der Waals surface area contributed by atoms with Crippen LogP contribution in [0.5, 0.6) is 0 Å². The van der Waals surface area contributed by atoms with Crippen LogP contribution in [0.25, 0.3) is 10.9 Å². The highest BCUT2D eigenvalue weighted by Crippen LogP contribution is 2.28. The van der Waals surface area contributed by atoms with Crippen LogP contribution in [0.2, 0.25) is 0 Å². The summed E-state index contributed by atoms with van der Waals surface area (Å²) in [6.07, 6.45) is 1.65. The lowest BCUT2D eigenvalue weighted by atomic mass is 10.2. The zero-order valence-corrected chi connectivity index (χ0v) is 18.3. The number of nitrogens with zero attached hydrogens (tertiary/aromatic N) is 3. The van der Waals surface area contributed by atoms with E-state index in [-0.39, 0.29) is 6.54 Å². The lowest BCUT2D eigenvalue weighted by Crippen LogP contribution is -2.12. The second-order valence-corrected chi connectivity index (χ2v) is 8.14. The maximum absolute atomic E-state index is 10.9. The predicted molar refractivity (Wildman–Crippen MR) is 121 cm³/mol. The molecule has 11 heteroatoms. The van der Waals surface area contributed by atoms with Gasteiger partial charge in [-0.05, 0) is 52.7 Å². The molecule has 0 aliphatic carbocycles. The van der Waals surface area contributed by atoms with Gasteiger partial charge in [0.2, 0.25) is 16.8 Å². The number of aromatic nitrogens is 4. The zero-order valence-electron chi connectivity index (χ0n) is 15.8. The standard InChI is InChI=1S/C19H18BrN7O2S/c1-11-14-8-13(6-7-17(14)27-26-11)23-19-21-10-15(20)18(25-19)24-16-5-3-2-4-12(16)9-22-30(28)29/h2-8,10,30H,9H2,1H3,(H,26,27)(H,22,28,29)(H2,21,23,24,25). The summed E-state index contributed by atoms with van der Waals surface area (Å²) in [5.74, 6) is 0.964. The number of benzene rings is 2. The summed E-state index contributed by atoms with van der Waals surface area (Å²) in [5, 5.41) is 14.6. The number of halogens is 1. The maximum atomic E-state index is 10.9. The van der Waals surface area contributed by atoms with Crippen molar-refractivity contribution in [2.45, 2.75) is 13.5 Å². The molecule has 0 amide bonds. The van der Waals surface area contributed by atoms with E-state index in [2.05, 4.69) is 51.5 Å². The number of aromatic amines is 1. The first-order valence-corrected chi connectivity index (χ1v) is 10.9. The molecule has 0 saturated heterocycles. The van der Waals surface area contributed by atoms with Crippen molar-refractivity contribution in [3.8, 4) is 0 Å². The van der Waals surface area contributed by atoms with Crippen LogP contribution in [0.4, 0.5) is 23.1 Å². The Bertz CT molecular complexity index is 1280. The van der Waals surface area contributed by atoms with Gasteiger partial charge in [-0.2, -0.15) is 10.1 Å². The molecule has 2 aromatic carbocycles. The van der Waals surface area contributed by atoms with E-state index in [1.165, 1.54) is 0 Å². The van der Waals surface area contributed by atoms with E-state index in [1.807, 2.05) is 49.4 Å². The summed E-state index contributed by atoms with van der Waals surface area (Å²) in [6.45, 7) is 2.12. The molecule has 9 nitrogen and oxygen atoms in total. The van der Waals surface area contributed by atoms with E-state index in [4.69, 9.17) is 0 Å². The van der Waals surface area contributed by atoms with E-state index < -0.39 is 10.9 Å². The number of fused-ring (bicyclic) bond motifs is 1. The zero-order chi connectivity index (χ0) is 21.1. The molecule has 0 saturated carbocycles. The van der Waals surface area contributed by atoms with Crippen LogP contribution in [-0.2, 0) is 17.4 Å². The van der Waals surface area contributed by atoms with Gasteiger partial charge in [0.05, 0.1) is 15.7 Å². The lowest BCUT2D eigenvalue weighted by Gasteiger charge is -2.13. The lowest BCUT2D eigenvalue weighted by molar-refractivity contribution is 0.601. The van der Waals surface area contributed by atoms with E-state index in [1.54, 1.807) is 6.20 Å². The van der Waals surface area contributed by atoms with Gasteiger partial charge in [0.25, 0.3) is 0 Å². The number of para-hydroxylation sites is 1. The molecule has 2 heterocycles. The Morgan fingerprint density at radius 2 is 1.97 bits per heavy atom. The number of anilines is 4. The minimum Gasteiger partial charge on any atom is -0.339 e. The summed E-state index contributed by atoms with van der Waals surface area (Å²) in [6, 6.07) is 13.2. The van der Waals surface area contributed by atoms with E-state index in [0.717, 1.165) is 33.5 Å². The van der Waals surface area contributed by atoms with Gasteiger partial charge in [0.15, 0.2) is 0 Å². The van der Waals surface area contributed by atoms with Crippen molar-refractivity contribution in [3.05, 3.63) is 64.4 Å². The van der Waals surface area contributed by atoms with Crippen molar-refractivity contribution in [2.75, 3.05) is 10.6 Å². The molecule has 0 aliphatic heterocycles. The number of hydrogen-bond donors (Lipinski definition) is 5. The molecule has 4 N–H and O–H groups in total. The molecule has 154 valence electrons. The predicted octanol–water partition coefficient (Wildman–Crippen LogP) is 3.53. The van der Waals surface area contributed by atoms with Crippen molar-refractivity contribution in [2.24, 2.45) is 0 Å².